The number of hydrogen-bond acceptors (Lipinski definition) is 3. The van der Waals surface area contributed by atoms with Gasteiger partial charge in [0.1, 0.15) is 6.04 Å². The van der Waals surface area contributed by atoms with Crippen molar-refractivity contribution in [1.29, 1.82) is 0 Å². The van der Waals surface area contributed by atoms with Crippen LogP contribution in [-0.4, -0.2) is 25.0 Å². The molecule has 1 rings (SSSR count). The summed E-state index contributed by atoms with van der Waals surface area (Å²) in [4.78, 5) is 24.1. The minimum Gasteiger partial charge on any atom is -0.467 e. The third-order valence-electron chi connectivity index (χ3n) is 2.65. The zero-order valence-corrected chi connectivity index (χ0v) is 17.6. The lowest BCUT2D eigenvalue weighted by molar-refractivity contribution is -0.144. The van der Waals surface area contributed by atoms with Gasteiger partial charge in [-0.25, -0.2) is 4.79 Å². The van der Waals surface area contributed by atoms with Crippen LogP contribution < -0.4 is 5.32 Å². The molecule has 1 aromatic carbocycles. The van der Waals surface area contributed by atoms with Crippen LogP contribution in [0.3, 0.4) is 0 Å². The molecule has 1 atom stereocenters. The van der Waals surface area contributed by atoms with Gasteiger partial charge in [0.05, 0.1) is 12.7 Å². The molecule has 1 aromatic rings. The predicted octanol–water partition coefficient (Wildman–Crippen LogP) is 3.43. The van der Waals surface area contributed by atoms with Crippen molar-refractivity contribution in [2.45, 2.75) is 19.9 Å². The average molecular weight is 613 g/mol. The zero-order valence-electron chi connectivity index (χ0n) is 11.2. The van der Waals surface area contributed by atoms with Gasteiger partial charge in [-0.3, -0.25) is 4.79 Å². The third-order valence-corrected chi connectivity index (χ3v) is 6.31. The molecule has 0 heterocycles. The molecule has 0 aromatic heterocycles. The maximum Gasteiger partial charge on any atom is 0.328 e. The molecule has 1 N–H and O–H groups in total. The molecular weight excluding hydrogens is 599 g/mol. The van der Waals surface area contributed by atoms with Gasteiger partial charge >= 0.3 is 5.97 Å². The van der Waals surface area contributed by atoms with E-state index in [1.54, 1.807) is 0 Å². The molecule has 110 valence electrons. The molecule has 0 bridgehead atoms. The normalized spacial score (nSPS) is 12.2. The van der Waals surface area contributed by atoms with E-state index in [4.69, 9.17) is 4.74 Å². The van der Waals surface area contributed by atoms with Crippen molar-refractivity contribution in [2.75, 3.05) is 7.11 Å². The summed E-state index contributed by atoms with van der Waals surface area (Å²) < 4.78 is 7.61. The molecule has 0 saturated carbocycles. The Hall–Kier alpha value is 0.350. The Bertz CT molecular complexity index is 532. The minimum absolute atomic E-state index is 0.0362. The van der Waals surface area contributed by atoms with Crippen molar-refractivity contribution in [2.24, 2.45) is 5.92 Å². The van der Waals surface area contributed by atoms with Crippen molar-refractivity contribution in [3.63, 3.8) is 0 Å². The van der Waals surface area contributed by atoms with Crippen LogP contribution in [0.15, 0.2) is 12.1 Å². The summed E-state index contributed by atoms with van der Waals surface area (Å²) in [5.74, 6) is -0.718. The molecule has 0 saturated heterocycles. The number of hydrogen-bond donors (Lipinski definition) is 1. The van der Waals surface area contributed by atoms with Gasteiger partial charge in [0.15, 0.2) is 0 Å². The third kappa shape index (κ3) is 4.68. The van der Waals surface area contributed by atoms with Crippen molar-refractivity contribution < 1.29 is 14.3 Å². The predicted molar refractivity (Wildman–Crippen MR) is 103 cm³/mol. The summed E-state index contributed by atoms with van der Waals surface area (Å²) in [5, 5.41) is 2.75. The van der Waals surface area contributed by atoms with Crippen molar-refractivity contribution in [1.82, 2.24) is 5.32 Å². The van der Waals surface area contributed by atoms with E-state index in [0.29, 0.717) is 5.56 Å². The Labute approximate surface area is 159 Å². The smallest absolute Gasteiger partial charge is 0.328 e. The highest BCUT2D eigenvalue weighted by Gasteiger charge is 2.26. The lowest BCUT2D eigenvalue weighted by atomic mass is 10.0. The van der Waals surface area contributed by atoms with E-state index in [0.717, 1.165) is 10.7 Å². The Kier molecular flexibility index (Phi) is 7.46. The van der Waals surface area contributed by atoms with Gasteiger partial charge in [0.2, 0.25) is 0 Å². The first-order valence-electron chi connectivity index (χ1n) is 5.81. The first-order valence-corrected chi connectivity index (χ1v) is 9.04. The lowest BCUT2D eigenvalue weighted by Gasteiger charge is -2.20. The highest BCUT2D eigenvalue weighted by Crippen LogP contribution is 2.23. The van der Waals surface area contributed by atoms with Crippen LogP contribution in [-0.2, 0) is 9.53 Å². The second-order valence-electron chi connectivity index (χ2n) is 4.47. The molecule has 0 aliphatic rings. The zero-order chi connectivity index (χ0) is 15.4. The quantitative estimate of drug-likeness (QED) is 0.322. The van der Waals surface area contributed by atoms with Gasteiger partial charge in [0.25, 0.3) is 5.91 Å². The summed E-state index contributed by atoms with van der Waals surface area (Å²) in [6, 6.07) is 3.17. The molecule has 0 aliphatic carbocycles. The Morgan fingerprint density at radius 1 is 1.20 bits per heavy atom. The number of methoxy groups -OCH3 is 1. The topological polar surface area (TPSA) is 55.4 Å². The summed E-state index contributed by atoms with van der Waals surface area (Å²) in [7, 11) is 1.32. The van der Waals surface area contributed by atoms with Crippen molar-refractivity contribution in [3.05, 3.63) is 28.4 Å². The van der Waals surface area contributed by atoms with Gasteiger partial charge in [-0.1, -0.05) is 13.8 Å². The van der Waals surface area contributed by atoms with Crippen LogP contribution in [0.1, 0.15) is 24.2 Å². The van der Waals surface area contributed by atoms with E-state index in [1.165, 1.54) is 7.11 Å². The first-order chi connectivity index (χ1) is 9.27. The van der Waals surface area contributed by atoms with Gasteiger partial charge < -0.3 is 10.1 Å². The molecule has 1 unspecified atom stereocenters. The fourth-order valence-corrected chi connectivity index (χ4v) is 3.97. The standard InChI is InChI=1S/C13H14I3NO3/c1-6(2)11(13(19)20-3)17-12(18)8-4-7(14)5-9(15)10(8)16/h4-6,11H,1-3H3,(H,17,18). The maximum atomic E-state index is 12.4. The number of benzene rings is 1. The van der Waals surface area contributed by atoms with E-state index in [-0.39, 0.29) is 11.8 Å². The molecular formula is C13H14I3NO3. The second kappa shape index (κ2) is 8.11. The Balaban J connectivity index is 3.04. The Morgan fingerprint density at radius 3 is 2.30 bits per heavy atom. The van der Waals surface area contributed by atoms with E-state index in [9.17, 15) is 9.59 Å². The number of carbonyl (C=O) groups is 2. The molecule has 4 nitrogen and oxygen atoms in total. The van der Waals surface area contributed by atoms with E-state index < -0.39 is 12.0 Å². The highest BCUT2D eigenvalue weighted by atomic mass is 127. The fraction of sp³-hybridized carbons (Fsp3) is 0.385. The number of nitrogens with one attached hydrogen (secondary N) is 1. The van der Waals surface area contributed by atoms with Crippen molar-refractivity contribution >= 4 is 79.6 Å². The second-order valence-corrected chi connectivity index (χ2v) is 7.95. The highest BCUT2D eigenvalue weighted by molar-refractivity contribution is 14.1. The van der Waals surface area contributed by atoms with Crippen LogP contribution >= 0.6 is 67.8 Å². The summed E-state index contributed by atoms with van der Waals surface area (Å²) in [5.41, 5.74) is 0.580. The molecule has 0 spiro atoms. The van der Waals surface area contributed by atoms with Crippen LogP contribution in [0, 0.1) is 16.6 Å². The monoisotopic (exact) mass is 613 g/mol. The number of halogens is 3. The number of ether oxygens (including phenoxy) is 1. The van der Waals surface area contributed by atoms with Crippen LogP contribution in [0.5, 0.6) is 0 Å². The lowest BCUT2D eigenvalue weighted by Crippen LogP contribution is -2.45. The SMILES string of the molecule is COC(=O)C(NC(=O)c1cc(I)cc(I)c1I)C(C)C. The van der Waals surface area contributed by atoms with E-state index in [1.807, 2.05) is 26.0 Å². The van der Waals surface area contributed by atoms with Gasteiger partial charge in [-0.05, 0) is 85.8 Å². The molecule has 20 heavy (non-hydrogen) atoms. The van der Waals surface area contributed by atoms with E-state index in [2.05, 4.69) is 73.1 Å². The van der Waals surface area contributed by atoms with Crippen molar-refractivity contribution in [3.8, 4) is 0 Å². The van der Waals surface area contributed by atoms with E-state index >= 15 is 0 Å². The summed E-state index contributed by atoms with van der Waals surface area (Å²) in [6.45, 7) is 3.73. The van der Waals surface area contributed by atoms with Gasteiger partial charge in [-0.2, -0.15) is 0 Å². The average Bonchev–Trinajstić information content (AvgIpc) is 2.38. The van der Waals surface area contributed by atoms with Crippen LogP contribution in [0.25, 0.3) is 0 Å². The number of rotatable bonds is 4. The first kappa shape index (κ1) is 18.4. The molecule has 1 amide bonds. The van der Waals surface area contributed by atoms with Gasteiger partial charge in [-0.15, -0.1) is 0 Å². The summed E-state index contributed by atoms with van der Waals surface area (Å²) >= 11 is 6.50. The van der Waals surface area contributed by atoms with Gasteiger partial charge in [0, 0.05) is 10.7 Å². The maximum absolute atomic E-state index is 12.4. The largest absolute Gasteiger partial charge is 0.467 e. The number of carbonyl (C=O) groups excluding carboxylic acids is 2. The molecule has 0 fully saturated rings. The number of esters is 1. The number of amides is 1. The minimum atomic E-state index is -0.640. The van der Waals surface area contributed by atoms with Crippen LogP contribution in [0.4, 0.5) is 0 Å². The molecule has 0 radical (unpaired) electrons. The summed E-state index contributed by atoms with van der Waals surface area (Å²) in [6.07, 6.45) is 0. The fourth-order valence-electron chi connectivity index (χ4n) is 1.56. The Morgan fingerprint density at radius 2 is 1.80 bits per heavy atom. The molecule has 7 heteroatoms. The molecule has 0 aliphatic heterocycles. The van der Waals surface area contributed by atoms with Crippen LogP contribution in [0.2, 0.25) is 0 Å².